The van der Waals surface area contributed by atoms with Gasteiger partial charge in [-0.2, -0.15) is 0 Å². The molecule has 5 heteroatoms. The molecule has 1 rings (SSSR count). The average Bonchev–Trinajstić information content (AvgIpc) is 2.73. The number of carboxylic acid groups (broad SMARTS) is 1. The van der Waals surface area contributed by atoms with Gasteiger partial charge in [-0.25, -0.2) is 4.79 Å². The molecule has 0 aliphatic heterocycles. The van der Waals surface area contributed by atoms with Crippen LogP contribution in [0.2, 0.25) is 0 Å². The van der Waals surface area contributed by atoms with E-state index in [1.807, 2.05) is 0 Å². The van der Waals surface area contributed by atoms with Gasteiger partial charge in [0.25, 0.3) is 0 Å². The van der Waals surface area contributed by atoms with Crippen LogP contribution in [-0.2, 0) is 11.3 Å². The van der Waals surface area contributed by atoms with Crippen molar-refractivity contribution in [2.24, 2.45) is 11.8 Å². The summed E-state index contributed by atoms with van der Waals surface area (Å²) in [6.45, 7) is 6.53. The van der Waals surface area contributed by atoms with Crippen LogP contribution >= 0.6 is 0 Å². The maximum absolute atomic E-state index is 11.7. The topological polar surface area (TPSA) is 79.5 Å². The van der Waals surface area contributed by atoms with Crippen molar-refractivity contribution in [2.45, 2.75) is 40.2 Å². The summed E-state index contributed by atoms with van der Waals surface area (Å²) in [5, 5.41) is 11.4. The molecular weight excluding hydrogens is 246 g/mol. The molecule has 1 heterocycles. The van der Waals surface area contributed by atoms with Gasteiger partial charge in [0.15, 0.2) is 0 Å². The zero-order chi connectivity index (χ0) is 14.4. The van der Waals surface area contributed by atoms with Crippen molar-refractivity contribution < 1.29 is 19.1 Å². The monoisotopic (exact) mass is 267 g/mol. The molecule has 1 unspecified atom stereocenters. The number of amides is 1. The van der Waals surface area contributed by atoms with Gasteiger partial charge in [-0.1, -0.05) is 20.8 Å². The minimum atomic E-state index is -1.11. The maximum Gasteiger partial charge on any atom is 0.371 e. The van der Waals surface area contributed by atoms with Crippen LogP contribution in [-0.4, -0.2) is 17.0 Å². The van der Waals surface area contributed by atoms with Crippen molar-refractivity contribution in [1.82, 2.24) is 5.32 Å². The molecule has 0 radical (unpaired) electrons. The van der Waals surface area contributed by atoms with E-state index in [4.69, 9.17) is 9.52 Å². The summed E-state index contributed by atoms with van der Waals surface area (Å²) in [7, 11) is 0. The number of carbonyl (C=O) groups is 2. The lowest BCUT2D eigenvalue weighted by molar-refractivity contribution is -0.122. The summed E-state index contributed by atoms with van der Waals surface area (Å²) in [6, 6.07) is 2.94. The smallest absolute Gasteiger partial charge is 0.371 e. The highest BCUT2D eigenvalue weighted by Gasteiger charge is 2.12. The number of hydrogen-bond donors (Lipinski definition) is 2. The van der Waals surface area contributed by atoms with Crippen LogP contribution in [0.3, 0.4) is 0 Å². The molecule has 0 saturated heterocycles. The van der Waals surface area contributed by atoms with E-state index in [2.05, 4.69) is 26.1 Å². The number of rotatable bonds is 7. The van der Waals surface area contributed by atoms with Crippen LogP contribution in [0.5, 0.6) is 0 Å². The highest BCUT2D eigenvalue weighted by molar-refractivity contribution is 5.84. The first-order chi connectivity index (χ1) is 8.88. The third-order valence-electron chi connectivity index (χ3n) is 2.74. The first kappa shape index (κ1) is 15.3. The zero-order valence-corrected chi connectivity index (χ0v) is 11.6. The highest BCUT2D eigenvalue weighted by Crippen LogP contribution is 2.14. The van der Waals surface area contributed by atoms with Gasteiger partial charge in [-0.15, -0.1) is 0 Å². The number of carbonyl (C=O) groups excluding carboxylic acids is 1. The lowest BCUT2D eigenvalue weighted by Crippen LogP contribution is -2.24. The molecular formula is C14H21NO4. The van der Waals surface area contributed by atoms with Gasteiger partial charge in [0.1, 0.15) is 5.76 Å². The van der Waals surface area contributed by atoms with Crippen molar-refractivity contribution >= 4 is 11.9 Å². The van der Waals surface area contributed by atoms with Crippen LogP contribution < -0.4 is 5.32 Å². The quantitative estimate of drug-likeness (QED) is 0.796. The molecule has 0 saturated carbocycles. The first-order valence-electron chi connectivity index (χ1n) is 6.47. The number of aromatic carboxylic acids is 1. The van der Waals surface area contributed by atoms with Gasteiger partial charge >= 0.3 is 5.97 Å². The van der Waals surface area contributed by atoms with Gasteiger partial charge < -0.3 is 14.8 Å². The lowest BCUT2D eigenvalue weighted by atomic mass is 9.96. The third-order valence-corrected chi connectivity index (χ3v) is 2.74. The Hall–Kier alpha value is -1.78. The predicted octanol–water partition coefficient (Wildman–Crippen LogP) is 2.67. The average molecular weight is 267 g/mol. The minimum absolute atomic E-state index is 0.0403. The number of furan rings is 1. The van der Waals surface area contributed by atoms with E-state index in [0.29, 0.717) is 24.0 Å². The molecule has 2 N–H and O–H groups in total. The molecule has 1 amide bonds. The van der Waals surface area contributed by atoms with Gasteiger partial charge in [-0.05, 0) is 30.4 Å². The normalized spacial score (nSPS) is 12.4. The summed E-state index contributed by atoms with van der Waals surface area (Å²) in [5.74, 6) is 0.0985. The Labute approximate surface area is 113 Å². The molecule has 5 nitrogen and oxygen atoms in total. The van der Waals surface area contributed by atoms with Gasteiger partial charge in [-0.3, -0.25) is 4.79 Å². The Kier molecular flexibility index (Phi) is 5.60. The summed E-state index contributed by atoms with van der Waals surface area (Å²) in [5.41, 5.74) is 0. The third kappa shape index (κ3) is 5.59. The second-order valence-electron chi connectivity index (χ2n) is 5.29. The summed E-state index contributed by atoms with van der Waals surface area (Å²) in [6.07, 6.45) is 1.49. The molecule has 1 atom stereocenters. The summed E-state index contributed by atoms with van der Waals surface area (Å²) < 4.78 is 5.05. The molecule has 1 aromatic rings. The molecule has 0 aliphatic carbocycles. The number of nitrogens with one attached hydrogen (secondary N) is 1. The molecule has 1 aromatic heterocycles. The largest absolute Gasteiger partial charge is 0.475 e. The summed E-state index contributed by atoms with van der Waals surface area (Å²) >= 11 is 0. The van der Waals surface area contributed by atoms with E-state index in [1.165, 1.54) is 6.07 Å². The standard InChI is InChI=1S/C14H21NO4/c1-9(2)6-10(3)7-13(16)15-8-11-4-5-12(19-11)14(17)18/h4-5,9-10H,6-8H2,1-3H3,(H,15,16)(H,17,18). The second kappa shape index (κ2) is 6.97. The highest BCUT2D eigenvalue weighted by atomic mass is 16.4. The van der Waals surface area contributed by atoms with E-state index in [0.717, 1.165) is 6.42 Å². The van der Waals surface area contributed by atoms with E-state index in [9.17, 15) is 9.59 Å². The SMILES string of the molecule is CC(C)CC(C)CC(=O)NCc1ccc(C(=O)O)o1. The van der Waals surface area contributed by atoms with E-state index < -0.39 is 5.97 Å². The second-order valence-corrected chi connectivity index (χ2v) is 5.29. The fourth-order valence-electron chi connectivity index (χ4n) is 2.05. The first-order valence-corrected chi connectivity index (χ1v) is 6.47. The molecule has 19 heavy (non-hydrogen) atoms. The zero-order valence-electron chi connectivity index (χ0n) is 11.6. The Morgan fingerprint density at radius 1 is 1.32 bits per heavy atom. The van der Waals surface area contributed by atoms with Crippen LogP contribution in [0.15, 0.2) is 16.5 Å². The molecule has 0 aromatic carbocycles. The van der Waals surface area contributed by atoms with Crippen molar-refractivity contribution in [3.8, 4) is 0 Å². The van der Waals surface area contributed by atoms with Crippen LogP contribution in [0, 0.1) is 11.8 Å². The Balaban J connectivity index is 2.35. The molecule has 0 spiro atoms. The van der Waals surface area contributed by atoms with Crippen LogP contribution in [0.4, 0.5) is 0 Å². The van der Waals surface area contributed by atoms with Gasteiger partial charge in [0.2, 0.25) is 11.7 Å². The van der Waals surface area contributed by atoms with Gasteiger partial charge in [0, 0.05) is 6.42 Å². The van der Waals surface area contributed by atoms with Crippen molar-refractivity contribution in [3.05, 3.63) is 23.7 Å². The van der Waals surface area contributed by atoms with Gasteiger partial charge in [0.05, 0.1) is 6.54 Å². The van der Waals surface area contributed by atoms with E-state index in [1.54, 1.807) is 6.07 Å². The fraction of sp³-hybridized carbons (Fsp3) is 0.571. The molecule has 0 fully saturated rings. The maximum atomic E-state index is 11.7. The van der Waals surface area contributed by atoms with Crippen molar-refractivity contribution in [1.29, 1.82) is 0 Å². The van der Waals surface area contributed by atoms with Crippen molar-refractivity contribution in [3.63, 3.8) is 0 Å². The van der Waals surface area contributed by atoms with Crippen LogP contribution in [0.25, 0.3) is 0 Å². The Bertz CT molecular complexity index is 436. The van der Waals surface area contributed by atoms with E-state index >= 15 is 0 Å². The number of hydrogen-bond acceptors (Lipinski definition) is 3. The van der Waals surface area contributed by atoms with E-state index in [-0.39, 0.29) is 18.2 Å². The lowest BCUT2D eigenvalue weighted by Gasteiger charge is -2.13. The minimum Gasteiger partial charge on any atom is -0.475 e. The predicted molar refractivity (Wildman–Crippen MR) is 70.8 cm³/mol. The Morgan fingerprint density at radius 2 is 2.00 bits per heavy atom. The Morgan fingerprint density at radius 3 is 2.53 bits per heavy atom. The van der Waals surface area contributed by atoms with Crippen LogP contribution in [0.1, 0.15) is 49.9 Å². The molecule has 106 valence electrons. The molecule has 0 bridgehead atoms. The van der Waals surface area contributed by atoms with Crippen molar-refractivity contribution in [2.75, 3.05) is 0 Å². The fourth-order valence-corrected chi connectivity index (χ4v) is 2.05. The molecule has 0 aliphatic rings. The summed E-state index contributed by atoms with van der Waals surface area (Å²) in [4.78, 5) is 22.3. The number of carboxylic acids is 1.